The van der Waals surface area contributed by atoms with E-state index in [1.165, 1.54) is 37.7 Å². The molecule has 212 valence electrons. The van der Waals surface area contributed by atoms with Crippen molar-refractivity contribution in [2.45, 2.75) is 32.4 Å². The third-order valence-electron chi connectivity index (χ3n) is 9.18. The molecule has 4 unspecified atom stereocenters. The van der Waals surface area contributed by atoms with Crippen LogP contribution in [-0.2, 0) is 0 Å². The molecule has 6 aromatic carbocycles. The molecule has 0 aliphatic carbocycles. The fraction of sp³-hybridized carbons (Fsp3) is 0.100. The first kappa shape index (κ1) is 26.1. The molecule has 6 aromatic rings. The van der Waals surface area contributed by atoms with Crippen molar-refractivity contribution < 1.29 is 0 Å². The highest BCUT2D eigenvalue weighted by molar-refractivity contribution is 8.04. The number of hydrogen-bond acceptors (Lipinski definition) is 4. The first-order valence-corrected chi connectivity index (χ1v) is 17.0. The van der Waals surface area contributed by atoms with E-state index in [-0.39, 0.29) is 0 Å². The lowest BCUT2D eigenvalue weighted by Crippen LogP contribution is -2.27. The van der Waals surface area contributed by atoms with Crippen LogP contribution in [0.1, 0.15) is 23.2 Å². The van der Waals surface area contributed by atoms with Gasteiger partial charge in [0.25, 0.3) is 0 Å². The molecular weight excluding hydrogens is 573 g/mol. The van der Waals surface area contributed by atoms with Gasteiger partial charge in [-0.15, -0.1) is 23.5 Å². The van der Waals surface area contributed by atoms with Crippen LogP contribution in [-0.4, -0.2) is 10.5 Å². The minimum atomic E-state index is 0.381. The number of rotatable bonds is 5. The quantitative estimate of drug-likeness (QED) is 0.194. The van der Waals surface area contributed by atoms with Crippen molar-refractivity contribution in [3.63, 3.8) is 0 Å². The Labute approximate surface area is 267 Å². The van der Waals surface area contributed by atoms with Crippen LogP contribution in [0.25, 0.3) is 11.1 Å². The molecule has 3 heterocycles. The first-order chi connectivity index (χ1) is 21.8. The Balaban J connectivity index is 1.09. The maximum absolute atomic E-state index is 2.74. The Morgan fingerprint density at radius 2 is 0.932 bits per heavy atom. The van der Waals surface area contributed by atoms with Crippen LogP contribution in [0.4, 0.5) is 22.7 Å². The third-order valence-corrected chi connectivity index (χ3v) is 12.2. The highest BCUT2D eigenvalue weighted by Gasteiger charge is 2.57. The van der Waals surface area contributed by atoms with Crippen molar-refractivity contribution in [2.75, 3.05) is 9.80 Å². The van der Waals surface area contributed by atoms with Crippen LogP contribution >= 0.6 is 23.5 Å². The summed E-state index contributed by atoms with van der Waals surface area (Å²) in [5.74, 6) is 0. The minimum Gasteiger partial charge on any atom is -0.355 e. The Morgan fingerprint density at radius 3 is 1.50 bits per heavy atom. The molecule has 0 amide bonds. The lowest BCUT2D eigenvalue weighted by atomic mass is 10.0. The molecule has 1 fully saturated rings. The predicted octanol–water partition coefficient (Wildman–Crippen LogP) is 11.1. The van der Waals surface area contributed by atoms with Crippen molar-refractivity contribution in [3.05, 3.63) is 169 Å². The molecular formula is C40H30N2S2. The highest BCUT2D eigenvalue weighted by Crippen LogP contribution is 2.65. The number of para-hydroxylation sites is 2. The molecule has 2 nitrogen and oxygen atoms in total. The molecule has 0 radical (unpaired) electrons. The molecule has 0 spiro atoms. The molecule has 0 bridgehead atoms. The second-order valence-corrected chi connectivity index (χ2v) is 14.1. The second kappa shape index (κ2) is 10.7. The summed E-state index contributed by atoms with van der Waals surface area (Å²) < 4.78 is 0. The maximum atomic E-state index is 2.74. The average molecular weight is 603 g/mol. The molecule has 4 heteroatoms. The zero-order chi connectivity index (χ0) is 29.0. The van der Waals surface area contributed by atoms with Crippen molar-refractivity contribution in [3.8, 4) is 11.1 Å². The predicted molar refractivity (Wildman–Crippen MR) is 187 cm³/mol. The molecule has 3 aliphatic rings. The molecule has 0 aromatic heterocycles. The van der Waals surface area contributed by atoms with Gasteiger partial charge in [0.15, 0.2) is 0 Å². The van der Waals surface area contributed by atoms with Crippen LogP contribution in [0.2, 0.25) is 0 Å². The van der Waals surface area contributed by atoms with Gasteiger partial charge >= 0.3 is 0 Å². The minimum absolute atomic E-state index is 0.381. The van der Waals surface area contributed by atoms with Crippen molar-refractivity contribution in [1.82, 2.24) is 0 Å². The van der Waals surface area contributed by atoms with Crippen molar-refractivity contribution in [2.24, 2.45) is 0 Å². The van der Waals surface area contributed by atoms with E-state index in [2.05, 4.69) is 191 Å². The lowest BCUT2D eigenvalue weighted by Gasteiger charge is -2.32. The van der Waals surface area contributed by atoms with Gasteiger partial charge in [-0.05, 0) is 82.9 Å². The van der Waals surface area contributed by atoms with E-state index >= 15 is 0 Å². The zero-order valence-corrected chi connectivity index (χ0v) is 25.7. The molecule has 0 N–H and O–H groups in total. The number of anilines is 4. The SMILES string of the molecule is c1ccc(N(c2ccccc2)c2cccc(-c3ccc(N4C5c6ccccc6SC5C5Sc6ccccc6C54)cc3)c2)cc1. The zero-order valence-electron chi connectivity index (χ0n) is 24.0. The number of benzene rings is 6. The smallest absolute Gasteiger partial charge is 0.0694 e. The largest absolute Gasteiger partial charge is 0.355 e. The van der Waals surface area contributed by atoms with Crippen molar-refractivity contribution in [1.29, 1.82) is 0 Å². The molecule has 1 saturated heterocycles. The summed E-state index contributed by atoms with van der Waals surface area (Å²) in [7, 11) is 0. The van der Waals surface area contributed by atoms with E-state index in [9.17, 15) is 0 Å². The summed E-state index contributed by atoms with van der Waals surface area (Å²) >= 11 is 4.17. The van der Waals surface area contributed by atoms with Crippen LogP contribution < -0.4 is 9.80 Å². The molecule has 4 atom stereocenters. The highest BCUT2D eigenvalue weighted by atomic mass is 32.2. The fourth-order valence-electron chi connectivity index (χ4n) is 7.30. The van der Waals surface area contributed by atoms with Gasteiger partial charge in [-0.3, -0.25) is 0 Å². The Morgan fingerprint density at radius 1 is 0.432 bits per heavy atom. The summed E-state index contributed by atoms with van der Waals surface area (Å²) in [5.41, 5.74) is 10.1. The summed E-state index contributed by atoms with van der Waals surface area (Å²) in [6.45, 7) is 0. The van der Waals surface area contributed by atoms with Crippen LogP contribution in [0.15, 0.2) is 168 Å². The van der Waals surface area contributed by atoms with Gasteiger partial charge in [-0.2, -0.15) is 0 Å². The molecule has 3 aliphatic heterocycles. The molecule has 9 rings (SSSR count). The molecule has 0 saturated carbocycles. The molecule has 44 heavy (non-hydrogen) atoms. The number of thioether (sulfide) groups is 2. The summed E-state index contributed by atoms with van der Waals surface area (Å²) in [5, 5.41) is 1.07. The second-order valence-electron chi connectivity index (χ2n) is 11.6. The normalized spacial score (nSPS) is 21.0. The van der Waals surface area contributed by atoms with Crippen molar-refractivity contribution >= 4 is 46.3 Å². The van der Waals surface area contributed by atoms with Gasteiger partial charge in [0, 0.05) is 43.0 Å². The summed E-state index contributed by atoms with van der Waals surface area (Å²) in [6, 6.07) is 58.3. The van der Waals surface area contributed by atoms with Crippen LogP contribution in [0, 0.1) is 0 Å². The number of nitrogens with zero attached hydrogens (tertiary/aromatic N) is 2. The third kappa shape index (κ3) is 4.20. The van der Waals surface area contributed by atoms with E-state index < -0.39 is 0 Å². The van der Waals surface area contributed by atoms with Gasteiger partial charge in [0.05, 0.1) is 12.1 Å². The number of hydrogen-bond donors (Lipinski definition) is 0. The Hall–Kier alpha value is -4.38. The number of fused-ring (bicyclic) bond motifs is 7. The van der Waals surface area contributed by atoms with Crippen LogP contribution in [0.3, 0.4) is 0 Å². The maximum Gasteiger partial charge on any atom is 0.0694 e. The Bertz CT molecular complexity index is 1860. The summed E-state index contributed by atoms with van der Waals surface area (Å²) in [4.78, 5) is 7.95. The van der Waals surface area contributed by atoms with E-state index in [0.717, 1.165) is 17.1 Å². The standard InChI is InChI=1S/C40H30N2S2/c1-3-13-29(14-4-1)41(30-15-5-2-6-16-30)32-17-11-12-28(26-32)27-22-24-31(25-23-27)42-37-33-18-7-9-20-35(33)43-39(37)40-38(42)34-19-8-10-21-36(34)44-40/h1-26,37-40H. The fourth-order valence-corrected chi connectivity index (χ4v) is 10.6. The Kier molecular flexibility index (Phi) is 6.31. The van der Waals surface area contributed by atoms with Gasteiger partial charge in [-0.25, -0.2) is 0 Å². The average Bonchev–Trinajstić information content (AvgIpc) is 3.74. The van der Waals surface area contributed by atoms with Crippen LogP contribution in [0.5, 0.6) is 0 Å². The van der Waals surface area contributed by atoms with E-state index in [1.807, 2.05) is 0 Å². The lowest BCUT2D eigenvalue weighted by molar-refractivity contribution is 0.675. The monoisotopic (exact) mass is 602 g/mol. The first-order valence-electron chi connectivity index (χ1n) is 15.2. The van der Waals surface area contributed by atoms with Gasteiger partial charge < -0.3 is 9.80 Å². The van der Waals surface area contributed by atoms with Gasteiger partial charge in [0.1, 0.15) is 0 Å². The topological polar surface area (TPSA) is 6.48 Å². The van der Waals surface area contributed by atoms with E-state index in [1.54, 1.807) is 0 Å². The van der Waals surface area contributed by atoms with E-state index in [0.29, 0.717) is 22.6 Å². The van der Waals surface area contributed by atoms with Gasteiger partial charge in [-0.1, -0.05) is 97.1 Å². The van der Waals surface area contributed by atoms with Gasteiger partial charge in [0.2, 0.25) is 0 Å². The summed E-state index contributed by atoms with van der Waals surface area (Å²) in [6.07, 6.45) is 0. The van der Waals surface area contributed by atoms with E-state index in [4.69, 9.17) is 0 Å².